The standard InChI is InChI=1S/C21H14BrNO/c22-19-12-10-18(11-13-19)21-23-14-20(24-21)17-8-6-16(7-9-17)15-4-2-1-3-5-15/h1-14H. The molecule has 24 heavy (non-hydrogen) atoms. The Morgan fingerprint density at radius 1 is 0.625 bits per heavy atom. The van der Waals surface area contributed by atoms with Crippen molar-refractivity contribution in [3.05, 3.63) is 89.5 Å². The lowest BCUT2D eigenvalue weighted by molar-refractivity contribution is 0.589. The Morgan fingerprint density at radius 3 is 1.92 bits per heavy atom. The Kier molecular flexibility index (Phi) is 4.01. The van der Waals surface area contributed by atoms with Crippen molar-refractivity contribution in [2.75, 3.05) is 0 Å². The number of halogens is 1. The quantitative estimate of drug-likeness (QED) is 0.411. The van der Waals surface area contributed by atoms with Gasteiger partial charge in [0.05, 0.1) is 6.20 Å². The van der Waals surface area contributed by atoms with Crippen LogP contribution in [0.4, 0.5) is 0 Å². The van der Waals surface area contributed by atoms with Crippen molar-refractivity contribution in [2.24, 2.45) is 0 Å². The van der Waals surface area contributed by atoms with Crippen molar-refractivity contribution in [1.29, 1.82) is 0 Å². The van der Waals surface area contributed by atoms with Crippen LogP contribution in [0.15, 0.2) is 93.9 Å². The van der Waals surface area contributed by atoms with Gasteiger partial charge in [0.25, 0.3) is 0 Å². The lowest BCUT2D eigenvalue weighted by Gasteiger charge is -2.02. The predicted molar refractivity (Wildman–Crippen MR) is 101 cm³/mol. The molecule has 3 aromatic carbocycles. The molecule has 4 rings (SSSR count). The molecular weight excluding hydrogens is 362 g/mol. The summed E-state index contributed by atoms with van der Waals surface area (Å²) in [5.41, 5.74) is 4.38. The maximum absolute atomic E-state index is 5.91. The molecule has 0 unspecified atom stereocenters. The van der Waals surface area contributed by atoms with Crippen LogP contribution in [0.2, 0.25) is 0 Å². The number of benzene rings is 3. The fourth-order valence-electron chi connectivity index (χ4n) is 2.59. The third-order valence-electron chi connectivity index (χ3n) is 3.87. The minimum Gasteiger partial charge on any atom is -0.436 e. The molecule has 116 valence electrons. The zero-order valence-corrected chi connectivity index (χ0v) is 14.4. The number of hydrogen-bond acceptors (Lipinski definition) is 2. The highest BCUT2D eigenvalue weighted by molar-refractivity contribution is 9.10. The van der Waals surface area contributed by atoms with Crippen LogP contribution in [0.5, 0.6) is 0 Å². The average Bonchev–Trinajstić information content (AvgIpc) is 3.13. The van der Waals surface area contributed by atoms with Gasteiger partial charge >= 0.3 is 0 Å². The Morgan fingerprint density at radius 2 is 1.21 bits per heavy atom. The van der Waals surface area contributed by atoms with E-state index in [4.69, 9.17) is 4.42 Å². The van der Waals surface area contributed by atoms with Gasteiger partial charge in [0.15, 0.2) is 5.76 Å². The van der Waals surface area contributed by atoms with E-state index in [9.17, 15) is 0 Å². The largest absolute Gasteiger partial charge is 0.436 e. The molecule has 0 N–H and O–H groups in total. The summed E-state index contributed by atoms with van der Waals surface area (Å²) in [6, 6.07) is 26.6. The number of nitrogens with zero attached hydrogens (tertiary/aromatic N) is 1. The van der Waals surface area contributed by atoms with Crippen LogP contribution in [0.1, 0.15) is 0 Å². The Hall–Kier alpha value is -2.65. The van der Waals surface area contributed by atoms with Crippen molar-refractivity contribution >= 4 is 15.9 Å². The third kappa shape index (κ3) is 3.03. The fourth-order valence-corrected chi connectivity index (χ4v) is 2.86. The van der Waals surface area contributed by atoms with Crippen molar-refractivity contribution in [3.63, 3.8) is 0 Å². The summed E-state index contributed by atoms with van der Waals surface area (Å²) in [5.74, 6) is 1.40. The van der Waals surface area contributed by atoms with E-state index in [2.05, 4.69) is 57.3 Å². The summed E-state index contributed by atoms with van der Waals surface area (Å²) in [7, 11) is 0. The third-order valence-corrected chi connectivity index (χ3v) is 4.40. The highest BCUT2D eigenvalue weighted by Gasteiger charge is 2.08. The van der Waals surface area contributed by atoms with Crippen LogP contribution in [-0.2, 0) is 0 Å². The summed E-state index contributed by atoms with van der Waals surface area (Å²) in [5, 5.41) is 0. The first-order valence-electron chi connectivity index (χ1n) is 7.67. The zero-order valence-electron chi connectivity index (χ0n) is 12.8. The zero-order chi connectivity index (χ0) is 16.4. The van der Waals surface area contributed by atoms with E-state index in [1.165, 1.54) is 11.1 Å². The highest BCUT2D eigenvalue weighted by atomic mass is 79.9. The normalized spacial score (nSPS) is 10.7. The number of hydrogen-bond donors (Lipinski definition) is 0. The molecule has 0 spiro atoms. The van der Waals surface area contributed by atoms with Crippen LogP contribution >= 0.6 is 15.9 Å². The second-order valence-electron chi connectivity index (χ2n) is 5.48. The molecule has 0 saturated heterocycles. The first-order chi connectivity index (χ1) is 11.8. The molecule has 1 heterocycles. The van der Waals surface area contributed by atoms with Gasteiger partial charge in [0, 0.05) is 15.6 Å². The van der Waals surface area contributed by atoms with Crippen LogP contribution in [0.25, 0.3) is 33.9 Å². The molecule has 0 aliphatic heterocycles. The first-order valence-corrected chi connectivity index (χ1v) is 8.46. The molecule has 0 fully saturated rings. The summed E-state index contributed by atoms with van der Waals surface area (Å²) < 4.78 is 6.95. The van der Waals surface area contributed by atoms with E-state index >= 15 is 0 Å². The number of oxazole rings is 1. The lowest BCUT2D eigenvalue weighted by atomic mass is 10.0. The molecule has 3 heteroatoms. The molecule has 0 amide bonds. The van der Waals surface area contributed by atoms with E-state index in [1.54, 1.807) is 6.20 Å². The minimum atomic E-state index is 0.629. The van der Waals surface area contributed by atoms with Gasteiger partial charge in [0.2, 0.25) is 5.89 Å². The molecule has 0 aliphatic carbocycles. The van der Waals surface area contributed by atoms with E-state index in [1.807, 2.05) is 42.5 Å². The van der Waals surface area contributed by atoms with Gasteiger partial charge in [-0.3, -0.25) is 0 Å². The second-order valence-corrected chi connectivity index (χ2v) is 6.40. The van der Waals surface area contributed by atoms with E-state index in [-0.39, 0.29) is 0 Å². The minimum absolute atomic E-state index is 0.629. The SMILES string of the molecule is Brc1ccc(-c2ncc(-c3ccc(-c4ccccc4)cc3)o2)cc1. The van der Waals surface area contributed by atoms with Crippen molar-refractivity contribution in [2.45, 2.75) is 0 Å². The Labute approximate surface area is 148 Å². The maximum Gasteiger partial charge on any atom is 0.226 e. The predicted octanol–water partition coefficient (Wildman–Crippen LogP) is 6.44. The van der Waals surface area contributed by atoms with Gasteiger partial charge in [-0.1, -0.05) is 70.5 Å². The van der Waals surface area contributed by atoms with Gasteiger partial charge in [-0.25, -0.2) is 4.98 Å². The summed E-state index contributed by atoms with van der Waals surface area (Å²) in [4.78, 5) is 4.39. The first kappa shape index (κ1) is 14.9. The molecule has 0 atom stereocenters. The maximum atomic E-state index is 5.91. The number of aromatic nitrogens is 1. The van der Waals surface area contributed by atoms with Crippen molar-refractivity contribution < 1.29 is 4.42 Å². The summed E-state index contributed by atoms with van der Waals surface area (Å²) in [6.45, 7) is 0. The van der Waals surface area contributed by atoms with Gasteiger partial charge in [-0.2, -0.15) is 0 Å². The second kappa shape index (κ2) is 6.46. The van der Waals surface area contributed by atoms with E-state index in [0.29, 0.717) is 5.89 Å². The summed E-state index contributed by atoms with van der Waals surface area (Å²) >= 11 is 3.43. The molecule has 1 aromatic heterocycles. The van der Waals surface area contributed by atoms with E-state index < -0.39 is 0 Å². The Balaban J connectivity index is 1.62. The Bertz CT molecular complexity index is 941. The lowest BCUT2D eigenvalue weighted by Crippen LogP contribution is -1.78. The molecule has 0 aliphatic rings. The molecule has 2 nitrogen and oxygen atoms in total. The van der Waals surface area contributed by atoms with Crippen molar-refractivity contribution in [3.8, 4) is 33.9 Å². The topological polar surface area (TPSA) is 26.0 Å². The van der Waals surface area contributed by atoms with Gasteiger partial charge in [0.1, 0.15) is 0 Å². The molecule has 4 aromatic rings. The molecule has 0 saturated carbocycles. The van der Waals surface area contributed by atoms with Gasteiger partial charge in [-0.15, -0.1) is 0 Å². The monoisotopic (exact) mass is 375 g/mol. The van der Waals surface area contributed by atoms with Crippen molar-refractivity contribution in [1.82, 2.24) is 4.98 Å². The number of rotatable bonds is 3. The molecule has 0 bridgehead atoms. The van der Waals surface area contributed by atoms with Gasteiger partial charge < -0.3 is 4.42 Å². The van der Waals surface area contributed by atoms with Crippen LogP contribution in [0.3, 0.4) is 0 Å². The fraction of sp³-hybridized carbons (Fsp3) is 0. The van der Waals surface area contributed by atoms with Crippen LogP contribution in [-0.4, -0.2) is 4.98 Å². The van der Waals surface area contributed by atoms with E-state index in [0.717, 1.165) is 21.4 Å². The van der Waals surface area contributed by atoms with Gasteiger partial charge in [-0.05, 0) is 35.4 Å². The molecular formula is C21H14BrNO. The van der Waals surface area contributed by atoms with Crippen LogP contribution in [0, 0.1) is 0 Å². The summed E-state index contributed by atoms with van der Waals surface area (Å²) in [6.07, 6.45) is 1.77. The highest BCUT2D eigenvalue weighted by Crippen LogP contribution is 2.28. The molecule has 0 radical (unpaired) electrons. The average molecular weight is 376 g/mol. The smallest absolute Gasteiger partial charge is 0.226 e. The van der Waals surface area contributed by atoms with Crippen LogP contribution < -0.4 is 0 Å².